The lowest BCUT2D eigenvalue weighted by atomic mass is 10.1. The highest BCUT2D eigenvalue weighted by Gasteiger charge is 2.28. The Hall–Kier alpha value is -1.74. The van der Waals surface area contributed by atoms with Gasteiger partial charge in [0.1, 0.15) is 0 Å². The molecular weight excluding hydrogens is 372 g/mol. The molecular formula is C18H22N2O4S2. The molecule has 1 aliphatic rings. The van der Waals surface area contributed by atoms with Gasteiger partial charge in [-0.3, -0.25) is 4.79 Å². The van der Waals surface area contributed by atoms with E-state index in [-0.39, 0.29) is 10.8 Å². The lowest BCUT2D eigenvalue weighted by molar-refractivity contribution is 0.0730. The molecule has 0 bridgehead atoms. The number of anilines is 1. The predicted octanol–water partition coefficient (Wildman–Crippen LogP) is 2.95. The first-order chi connectivity index (χ1) is 12.3. The quantitative estimate of drug-likeness (QED) is 0.865. The van der Waals surface area contributed by atoms with Crippen LogP contribution in [0.3, 0.4) is 0 Å². The summed E-state index contributed by atoms with van der Waals surface area (Å²) in [5, 5.41) is 4.43. The van der Waals surface area contributed by atoms with Crippen LogP contribution in [-0.4, -0.2) is 44.9 Å². The SMILES string of the molecule is Cc1cc(C)c(NC(=O)c2cc(S(=O)(=O)N3CCOCC3)cs2)c(C)c1. The van der Waals surface area contributed by atoms with E-state index in [2.05, 4.69) is 5.32 Å². The van der Waals surface area contributed by atoms with Crippen molar-refractivity contribution in [2.24, 2.45) is 0 Å². The normalized spacial score (nSPS) is 15.8. The van der Waals surface area contributed by atoms with Crippen molar-refractivity contribution in [3.63, 3.8) is 0 Å². The molecule has 1 amide bonds. The van der Waals surface area contributed by atoms with Gasteiger partial charge in [-0.05, 0) is 38.0 Å². The van der Waals surface area contributed by atoms with Crippen molar-refractivity contribution in [3.05, 3.63) is 45.1 Å². The molecule has 3 rings (SSSR count). The average Bonchev–Trinajstić information content (AvgIpc) is 3.09. The van der Waals surface area contributed by atoms with Gasteiger partial charge in [0, 0.05) is 24.2 Å². The van der Waals surface area contributed by atoms with Gasteiger partial charge < -0.3 is 10.1 Å². The van der Waals surface area contributed by atoms with E-state index in [1.807, 2.05) is 32.9 Å². The Morgan fingerprint density at radius 1 is 1.12 bits per heavy atom. The molecule has 0 aliphatic carbocycles. The first-order valence-corrected chi connectivity index (χ1v) is 10.7. The van der Waals surface area contributed by atoms with Crippen LogP contribution in [0.5, 0.6) is 0 Å². The van der Waals surface area contributed by atoms with E-state index in [1.165, 1.54) is 15.8 Å². The minimum atomic E-state index is -3.59. The molecule has 0 saturated carbocycles. The fourth-order valence-electron chi connectivity index (χ4n) is 3.06. The van der Waals surface area contributed by atoms with Crippen LogP contribution in [0.15, 0.2) is 28.5 Å². The fraction of sp³-hybridized carbons (Fsp3) is 0.389. The van der Waals surface area contributed by atoms with E-state index >= 15 is 0 Å². The van der Waals surface area contributed by atoms with Crippen LogP contribution in [0.4, 0.5) is 5.69 Å². The Balaban J connectivity index is 1.80. The van der Waals surface area contributed by atoms with Crippen molar-refractivity contribution in [3.8, 4) is 0 Å². The van der Waals surface area contributed by atoms with E-state index in [0.29, 0.717) is 31.2 Å². The topological polar surface area (TPSA) is 75.7 Å². The third-order valence-corrected chi connectivity index (χ3v) is 7.28. The molecule has 1 aromatic heterocycles. The number of morpholine rings is 1. The van der Waals surface area contributed by atoms with Crippen LogP contribution in [-0.2, 0) is 14.8 Å². The molecule has 140 valence electrons. The third kappa shape index (κ3) is 3.83. The number of amides is 1. The van der Waals surface area contributed by atoms with Crippen molar-refractivity contribution in [1.82, 2.24) is 4.31 Å². The summed E-state index contributed by atoms with van der Waals surface area (Å²) in [5.74, 6) is -0.298. The fourth-order valence-corrected chi connectivity index (χ4v) is 5.63. The van der Waals surface area contributed by atoms with Gasteiger partial charge in [-0.15, -0.1) is 11.3 Å². The van der Waals surface area contributed by atoms with Gasteiger partial charge in [0.15, 0.2) is 0 Å². The smallest absolute Gasteiger partial charge is 0.265 e. The molecule has 0 radical (unpaired) electrons. The molecule has 0 atom stereocenters. The largest absolute Gasteiger partial charge is 0.379 e. The second-order valence-electron chi connectivity index (χ2n) is 6.39. The molecule has 26 heavy (non-hydrogen) atoms. The van der Waals surface area contributed by atoms with Crippen molar-refractivity contribution in [2.75, 3.05) is 31.6 Å². The Morgan fingerprint density at radius 3 is 2.35 bits per heavy atom. The molecule has 0 unspecified atom stereocenters. The summed E-state index contributed by atoms with van der Waals surface area (Å²) in [5.41, 5.74) is 3.86. The number of carbonyl (C=O) groups is 1. The first-order valence-electron chi connectivity index (χ1n) is 8.34. The molecule has 1 N–H and O–H groups in total. The Kier molecular flexibility index (Phi) is 5.47. The number of hydrogen-bond donors (Lipinski definition) is 1. The van der Waals surface area contributed by atoms with E-state index in [0.717, 1.165) is 33.7 Å². The minimum Gasteiger partial charge on any atom is -0.379 e. The van der Waals surface area contributed by atoms with E-state index in [1.54, 1.807) is 0 Å². The van der Waals surface area contributed by atoms with E-state index in [9.17, 15) is 13.2 Å². The van der Waals surface area contributed by atoms with Gasteiger partial charge in [-0.1, -0.05) is 17.7 Å². The van der Waals surface area contributed by atoms with Gasteiger partial charge in [0.2, 0.25) is 10.0 Å². The number of nitrogens with zero attached hydrogens (tertiary/aromatic N) is 1. The van der Waals surface area contributed by atoms with Gasteiger partial charge in [0.25, 0.3) is 5.91 Å². The predicted molar refractivity (Wildman–Crippen MR) is 103 cm³/mol. The van der Waals surface area contributed by atoms with Crippen molar-refractivity contribution in [1.29, 1.82) is 0 Å². The number of thiophene rings is 1. The lowest BCUT2D eigenvalue weighted by Crippen LogP contribution is -2.40. The maximum atomic E-state index is 12.7. The maximum absolute atomic E-state index is 12.7. The summed E-state index contributed by atoms with van der Waals surface area (Å²) in [6, 6.07) is 5.46. The van der Waals surface area contributed by atoms with Crippen LogP contribution < -0.4 is 5.32 Å². The Bertz CT molecular complexity index is 905. The monoisotopic (exact) mass is 394 g/mol. The molecule has 1 saturated heterocycles. The van der Waals surface area contributed by atoms with Crippen LogP contribution in [0, 0.1) is 20.8 Å². The third-order valence-electron chi connectivity index (χ3n) is 4.32. The molecule has 2 heterocycles. The summed E-state index contributed by atoms with van der Waals surface area (Å²) in [7, 11) is -3.59. The highest BCUT2D eigenvalue weighted by Crippen LogP contribution is 2.26. The zero-order valence-corrected chi connectivity index (χ0v) is 16.7. The molecule has 1 aliphatic heterocycles. The first kappa shape index (κ1) is 19.0. The summed E-state index contributed by atoms with van der Waals surface area (Å²) >= 11 is 1.13. The summed E-state index contributed by atoms with van der Waals surface area (Å²) < 4.78 is 31.9. The zero-order valence-electron chi connectivity index (χ0n) is 15.0. The average molecular weight is 395 g/mol. The number of sulfonamides is 1. The molecule has 0 spiro atoms. The molecule has 2 aromatic rings. The van der Waals surface area contributed by atoms with Crippen LogP contribution >= 0.6 is 11.3 Å². The summed E-state index contributed by atoms with van der Waals surface area (Å²) in [6.07, 6.45) is 0. The van der Waals surface area contributed by atoms with Crippen LogP contribution in [0.1, 0.15) is 26.4 Å². The van der Waals surface area contributed by atoms with Gasteiger partial charge in [-0.25, -0.2) is 8.42 Å². The molecule has 8 heteroatoms. The van der Waals surface area contributed by atoms with Crippen molar-refractivity contribution >= 4 is 33.0 Å². The Labute approximate surface area is 157 Å². The highest BCUT2D eigenvalue weighted by atomic mass is 32.2. The zero-order chi connectivity index (χ0) is 18.9. The highest BCUT2D eigenvalue weighted by molar-refractivity contribution is 7.89. The summed E-state index contributed by atoms with van der Waals surface area (Å²) in [6.45, 7) is 7.35. The second kappa shape index (κ2) is 7.48. The molecule has 6 nitrogen and oxygen atoms in total. The summed E-state index contributed by atoms with van der Waals surface area (Å²) in [4.78, 5) is 13.1. The number of ether oxygens (including phenoxy) is 1. The lowest BCUT2D eigenvalue weighted by Gasteiger charge is -2.25. The number of carbonyl (C=O) groups excluding carboxylic acids is 1. The van der Waals surface area contributed by atoms with Crippen LogP contribution in [0.25, 0.3) is 0 Å². The number of benzene rings is 1. The standard InChI is InChI=1S/C18H22N2O4S2/c1-12-8-13(2)17(14(3)9-12)19-18(21)16-10-15(11-25-16)26(22,23)20-4-6-24-7-5-20/h8-11H,4-7H2,1-3H3,(H,19,21). The van der Waals surface area contributed by atoms with Gasteiger partial charge in [0.05, 0.1) is 23.0 Å². The Morgan fingerprint density at radius 2 is 1.73 bits per heavy atom. The van der Waals surface area contributed by atoms with E-state index < -0.39 is 10.0 Å². The van der Waals surface area contributed by atoms with Crippen molar-refractivity contribution < 1.29 is 17.9 Å². The second-order valence-corrected chi connectivity index (χ2v) is 9.24. The molecule has 1 fully saturated rings. The number of aryl methyl sites for hydroxylation is 3. The number of hydrogen-bond acceptors (Lipinski definition) is 5. The van der Waals surface area contributed by atoms with Gasteiger partial charge >= 0.3 is 0 Å². The molecule has 1 aromatic carbocycles. The number of nitrogens with one attached hydrogen (secondary N) is 1. The van der Waals surface area contributed by atoms with Crippen LogP contribution in [0.2, 0.25) is 0 Å². The number of rotatable bonds is 4. The van der Waals surface area contributed by atoms with E-state index in [4.69, 9.17) is 4.74 Å². The maximum Gasteiger partial charge on any atom is 0.265 e. The minimum absolute atomic E-state index is 0.159. The van der Waals surface area contributed by atoms with Gasteiger partial charge in [-0.2, -0.15) is 4.31 Å². The van der Waals surface area contributed by atoms with Crippen molar-refractivity contribution in [2.45, 2.75) is 25.7 Å².